The Morgan fingerprint density at radius 1 is 1.45 bits per heavy atom. The monoisotopic (exact) mass is 220 g/mol. The summed E-state index contributed by atoms with van der Waals surface area (Å²) in [6.07, 6.45) is 0. The van der Waals surface area contributed by atoms with E-state index in [1.54, 1.807) is 0 Å². The molecular formula is C8H9ClOZn. The third-order valence-electron chi connectivity index (χ3n) is 0.999. The topological polar surface area (TPSA) is 9.23 Å². The normalized spacial score (nSPS) is 8.00. The summed E-state index contributed by atoms with van der Waals surface area (Å²) in [5.41, 5.74) is 0. The van der Waals surface area contributed by atoms with Gasteiger partial charge in [0.2, 0.25) is 0 Å². The molecule has 0 saturated carbocycles. The molecule has 0 spiro atoms. The van der Waals surface area contributed by atoms with Gasteiger partial charge in [0.25, 0.3) is 0 Å². The van der Waals surface area contributed by atoms with E-state index in [2.05, 4.69) is 6.07 Å². The third kappa shape index (κ3) is 5.23. The molecule has 0 bridgehead atoms. The Morgan fingerprint density at radius 3 is 2.45 bits per heavy atom. The zero-order chi connectivity index (χ0) is 8.53. The molecule has 1 aromatic carbocycles. The number of hydrogen-bond donors (Lipinski definition) is 0. The van der Waals surface area contributed by atoms with Crippen molar-refractivity contribution in [2.45, 2.75) is 6.92 Å². The SMILES string of the molecule is CCOc1cc[c-]cc1.[Cl][Zn+]. The van der Waals surface area contributed by atoms with E-state index >= 15 is 0 Å². The number of benzene rings is 1. The summed E-state index contributed by atoms with van der Waals surface area (Å²) < 4.78 is 5.19. The van der Waals surface area contributed by atoms with Crippen LogP contribution >= 0.6 is 9.69 Å². The summed E-state index contributed by atoms with van der Waals surface area (Å²) in [6.45, 7) is 2.70. The van der Waals surface area contributed by atoms with Crippen molar-refractivity contribution in [1.82, 2.24) is 0 Å². The van der Waals surface area contributed by atoms with Crippen molar-refractivity contribution < 1.29 is 22.0 Å². The molecule has 0 atom stereocenters. The van der Waals surface area contributed by atoms with Gasteiger partial charge in [0.15, 0.2) is 0 Å². The Labute approximate surface area is 81.4 Å². The Morgan fingerprint density at radius 2 is 2.00 bits per heavy atom. The maximum absolute atomic E-state index is 5.19. The van der Waals surface area contributed by atoms with Crippen molar-refractivity contribution in [3.8, 4) is 5.75 Å². The van der Waals surface area contributed by atoms with Crippen LogP contribution < -0.4 is 4.74 Å². The van der Waals surface area contributed by atoms with E-state index in [1.165, 1.54) is 0 Å². The van der Waals surface area contributed by atoms with E-state index in [0.29, 0.717) is 0 Å². The zero-order valence-corrected chi connectivity index (χ0v) is 10.2. The van der Waals surface area contributed by atoms with Gasteiger partial charge in [0.05, 0.1) is 6.61 Å². The second kappa shape index (κ2) is 8.03. The molecule has 0 aromatic heterocycles. The third-order valence-corrected chi connectivity index (χ3v) is 0.999. The molecule has 0 heterocycles. The van der Waals surface area contributed by atoms with Crippen LogP contribution in [0, 0.1) is 6.07 Å². The van der Waals surface area contributed by atoms with Gasteiger partial charge < -0.3 is 4.74 Å². The Hall–Kier alpha value is -0.0666. The summed E-state index contributed by atoms with van der Waals surface area (Å²) in [6, 6.07) is 10.4. The van der Waals surface area contributed by atoms with Gasteiger partial charge in [-0.25, -0.2) is 0 Å². The van der Waals surface area contributed by atoms with Gasteiger partial charge in [0.1, 0.15) is 0 Å². The van der Waals surface area contributed by atoms with Crippen LogP contribution in [0.3, 0.4) is 0 Å². The first-order valence-corrected chi connectivity index (χ1v) is 7.19. The molecule has 3 heteroatoms. The van der Waals surface area contributed by atoms with Crippen LogP contribution in [0.4, 0.5) is 0 Å². The van der Waals surface area contributed by atoms with Crippen molar-refractivity contribution in [3.63, 3.8) is 0 Å². The van der Waals surface area contributed by atoms with Crippen molar-refractivity contribution in [2.75, 3.05) is 6.61 Å². The number of halogens is 1. The molecule has 0 amide bonds. The minimum atomic E-state index is 0.726. The van der Waals surface area contributed by atoms with Gasteiger partial charge in [0, 0.05) is 5.75 Å². The molecule has 1 aromatic rings. The van der Waals surface area contributed by atoms with Crippen LogP contribution in [0.1, 0.15) is 6.92 Å². The second-order valence-electron chi connectivity index (χ2n) is 1.67. The van der Waals surface area contributed by atoms with Gasteiger partial charge in [-0.3, -0.25) is 0 Å². The summed E-state index contributed by atoms with van der Waals surface area (Å²) >= 11 is 0.847. The fourth-order valence-corrected chi connectivity index (χ4v) is 0.634. The predicted octanol–water partition coefficient (Wildman–Crippen LogP) is 2.57. The summed E-state index contributed by atoms with van der Waals surface area (Å²) in [5.74, 6) is 0.913. The first kappa shape index (κ1) is 10.9. The standard InChI is InChI=1S/C8H9O.ClH.Zn/c1-2-9-8-6-4-3-5-7-8;;/h4-7H,2H2,1H3;1H;/q-1;;+2/p-1. The van der Waals surface area contributed by atoms with Crippen LogP contribution in [0.15, 0.2) is 24.3 Å². The summed E-state index contributed by atoms with van der Waals surface area (Å²) in [5, 5.41) is 0. The van der Waals surface area contributed by atoms with Gasteiger partial charge in [-0.05, 0) is 6.92 Å². The van der Waals surface area contributed by atoms with Crippen molar-refractivity contribution in [2.24, 2.45) is 0 Å². The van der Waals surface area contributed by atoms with E-state index in [-0.39, 0.29) is 0 Å². The molecule has 56 valence electrons. The molecule has 0 fully saturated rings. The molecular weight excluding hydrogens is 213 g/mol. The fraction of sp³-hybridized carbons (Fsp3) is 0.250. The molecule has 1 rings (SSSR count). The summed E-state index contributed by atoms with van der Waals surface area (Å²) in [7, 11) is 4.76. The summed E-state index contributed by atoms with van der Waals surface area (Å²) in [4.78, 5) is 0. The number of ether oxygens (including phenoxy) is 1. The van der Waals surface area contributed by atoms with Gasteiger partial charge in [-0.15, -0.1) is 12.1 Å². The van der Waals surface area contributed by atoms with E-state index in [9.17, 15) is 0 Å². The molecule has 0 aliphatic carbocycles. The molecule has 1 nitrogen and oxygen atoms in total. The van der Waals surface area contributed by atoms with Crippen LogP contribution in [0.2, 0.25) is 0 Å². The fourth-order valence-electron chi connectivity index (χ4n) is 0.634. The van der Waals surface area contributed by atoms with Gasteiger partial charge in [-0.1, -0.05) is 0 Å². The van der Waals surface area contributed by atoms with E-state index in [4.69, 9.17) is 14.4 Å². The number of rotatable bonds is 2. The van der Waals surface area contributed by atoms with Crippen molar-refractivity contribution >= 4 is 9.69 Å². The zero-order valence-electron chi connectivity index (χ0n) is 6.51. The molecule has 0 aliphatic rings. The quantitative estimate of drug-likeness (QED) is 0.551. The Balaban J connectivity index is 0.000000461. The average molecular weight is 222 g/mol. The first-order chi connectivity index (χ1) is 5.43. The average Bonchev–Trinajstić information content (AvgIpc) is 2.11. The van der Waals surface area contributed by atoms with Gasteiger partial charge in [-0.2, -0.15) is 18.2 Å². The molecule has 0 N–H and O–H groups in total. The molecule has 0 saturated heterocycles. The van der Waals surface area contributed by atoms with Crippen molar-refractivity contribution in [3.05, 3.63) is 30.3 Å². The molecule has 0 unspecified atom stereocenters. The van der Waals surface area contributed by atoms with Crippen LogP contribution in [-0.2, 0) is 17.3 Å². The minimum absolute atomic E-state index is 0.726. The Bertz CT molecular complexity index is 167. The maximum atomic E-state index is 5.19. The van der Waals surface area contributed by atoms with Crippen molar-refractivity contribution in [1.29, 1.82) is 0 Å². The Kier molecular flexibility index (Phi) is 7.99. The van der Waals surface area contributed by atoms with E-state index in [1.807, 2.05) is 31.2 Å². The van der Waals surface area contributed by atoms with Crippen LogP contribution in [0.25, 0.3) is 0 Å². The van der Waals surface area contributed by atoms with E-state index in [0.717, 1.165) is 29.7 Å². The van der Waals surface area contributed by atoms with Gasteiger partial charge >= 0.3 is 27.0 Å². The number of hydrogen-bond acceptors (Lipinski definition) is 1. The molecule has 11 heavy (non-hydrogen) atoms. The second-order valence-corrected chi connectivity index (χ2v) is 1.67. The molecule has 0 aliphatic heterocycles. The first-order valence-electron chi connectivity index (χ1n) is 3.29. The molecule has 0 radical (unpaired) electrons. The van der Waals surface area contributed by atoms with Crippen LogP contribution in [0.5, 0.6) is 5.75 Å². The van der Waals surface area contributed by atoms with Crippen LogP contribution in [-0.4, -0.2) is 6.61 Å². The predicted molar refractivity (Wildman–Crippen MR) is 42.3 cm³/mol. The van der Waals surface area contributed by atoms with E-state index < -0.39 is 0 Å².